The molecule has 1 amide bonds. The summed E-state index contributed by atoms with van der Waals surface area (Å²) in [6.45, 7) is 5.61. The lowest BCUT2D eigenvalue weighted by Gasteiger charge is -2.22. The van der Waals surface area contributed by atoms with Crippen molar-refractivity contribution in [3.05, 3.63) is 23.0 Å². The molecule has 0 aliphatic carbocycles. The number of hydrogen-bond acceptors (Lipinski definition) is 4. The fourth-order valence-corrected chi connectivity index (χ4v) is 2.58. The molecule has 3 N–H and O–H groups in total. The molecule has 0 aromatic carbocycles. The molecule has 0 radical (unpaired) electrons. The quantitative estimate of drug-likeness (QED) is 0.821. The number of nitrogens with zero attached hydrogens (tertiary/aromatic N) is 2. The molecular weight excluding hydrogens is 228 g/mol. The Morgan fingerprint density at radius 2 is 2.28 bits per heavy atom. The van der Waals surface area contributed by atoms with E-state index in [2.05, 4.69) is 15.2 Å². The average Bonchev–Trinajstić information content (AvgIpc) is 2.75. The van der Waals surface area contributed by atoms with Gasteiger partial charge in [-0.3, -0.25) is 9.78 Å². The van der Waals surface area contributed by atoms with Gasteiger partial charge in [0.25, 0.3) is 5.91 Å². The third kappa shape index (κ3) is 2.31. The number of likely N-dealkylation sites (N-methyl/N-ethyl adjacent to an activating group) is 1. The summed E-state index contributed by atoms with van der Waals surface area (Å²) in [5, 5.41) is 3.27. The lowest BCUT2D eigenvalue weighted by Crippen LogP contribution is -2.31. The largest absolute Gasteiger partial charge is 0.369 e. The Kier molecular flexibility index (Phi) is 3.52. The maximum atomic E-state index is 11.6. The molecule has 0 spiro atoms. The number of nitrogens with one attached hydrogen (secondary N) is 1. The summed E-state index contributed by atoms with van der Waals surface area (Å²) in [7, 11) is 1.96. The number of aromatic nitrogens is 1. The predicted molar refractivity (Wildman–Crippen MR) is 71.9 cm³/mol. The average molecular weight is 248 g/mol. The molecule has 1 aromatic rings. The Hall–Kier alpha value is -1.62. The van der Waals surface area contributed by atoms with E-state index in [9.17, 15) is 4.79 Å². The molecule has 1 fully saturated rings. The molecule has 0 saturated carbocycles. The molecule has 2 heterocycles. The molecule has 5 nitrogen and oxygen atoms in total. The number of amides is 1. The Bertz CT molecular complexity index is 472. The van der Waals surface area contributed by atoms with E-state index in [0.717, 1.165) is 30.9 Å². The van der Waals surface area contributed by atoms with Crippen LogP contribution in [-0.4, -0.2) is 37.1 Å². The van der Waals surface area contributed by atoms with Crippen molar-refractivity contribution in [3.63, 3.8) is 0 Å². The fraction of sp³-hybridized carbons (Fsp3) is 0.538. The number of rotatable bonds is 3. The summed E-state index contributed by atoms with van der Waals surface area (Å²) in [5.74, 6) is -0.400. The first-order valence-electron chi connectivity index (χ1n) is 6.23. The number of nitrogens with two attached hydrogens (primary N) is 1. The second-order valence-electron chi connectivity index (χ2n) is 4.83. The minimum atomic E-state index is -0.400. The van der Waals surface area contributed by atoms with Crippen molar-refractivity contribution >= 4 is 11.6 Å². The minimum absolute atomic E-state index is 0.400. The summed E-state index contributed by atoms with van der Waals surface area (Å²) >= 11 is 0. The highest BCUT2D eigenvalue weighted by molar-refractivity contribution is 5.99. The molecule has 2 rings (SSSR count). The van der Waals surface area contributed by atoms with Crippen LogP contribution in [0.1, 0.15) is 28.2 Å². The van der Waals surface area contributed by atoms with Gasteiger partial charge < -0.3 is 16.0 Å². The van der Waals surface area contributed by atoms with Gasteiger partial charge in [-0.25, -0.2) is 0 Å². The topological polar surface area (TPSA) is 71.2 Å². The third-order valence-corrected chi connectivity index (χ3v) is 3.49. The van der Waals surface area contributed by atoms with Crippen molar-refractivity contribution in [2.75, 3.05) is 25.0 Å². The summed E-state index contributed by atoms with van der Waals surface area (Å²) < 4.78 is 0. The lowest BCUT2D eigenvalue weighted by molar-refractivity contribution is 0.1000. The first-order chi connectivity index (χ1) is 8.52. The second-order valence-corrected chi connectivity index (χ2v) is 4.83. The van der Waals surface area contributed by atoms with Gasteiger partial charge in [0, 0.05) is 24.8 Å². The van der Waals surface area contributed by atoms with E-state index in [-0.39, 0.29) is 0 Å². The predicted octanol–water partition coefficient (Wildman–Crippen LogP) is 0.595. The van der Waals surface area contributed by atoms with Crippen LogP contribution in [0.5, 0.6) is 0 Å². The van der Waals surface area contributed by atoms with Gasteiger partial charge in [-0.15, -0.1) is 0 Å². The Morgan fingerprint density at radius 1 is 1.56 bits per heavy atom. The zero-order chi connectivity index (χ0) is 13.3. The Morgan fingerprint density at radius 3 is 2.83 bits per heavy atom. The van der Waals surface area contributed by atoms with E-state index < -0.39 is 5.91 Å². The van der Waals surface area contributed by atoms with Crippen molar-refractivity contribution in [3.8, 4) is 0 Å². The number of anilines is 1. The van der Waals surface area contributed by atoms with Crippen LogP contribution in [0.4, 0.5) is 5.69 Å². The van der Waals surface area contributed by atoms with Crippen LogP contribution < -0.4 is 16.0 Å². The van der Waals surface area contributed by atoms with Crippen LogP contribution in [0.25, 0.3) is 0 Å². The number of pyridine rings is 1. The van der Waals surface area contributed by atoms with Gasteiger partial charge in [0.05, 0.1) is 16.9 Å². The van der Waals surface area contributed by atoms with Gasteiger partial charge in [-0.2, -0.15) is 0 Å². The monoisotopic (exact) mass is 248 g/mol. The zero-order valence-corrected chi connectivity index (χ0v) is 11.2. The zero-order valence-electron chi connectivity index (χ0n) is 11.2. The van der Waals surface area contributed by atoms with Gasteiger partial charge in [0.1, 0.15) is 0 Å². The second kappa shape index (κ2) is 4.94. The van der Waals surface area contributed by atoms with Crippen LogP contribution in [0.3, 0.4) is 0 Å². The molecule has 1 aromatic heterocycles. The number of hydrogen-bond donors (Lipinski definition) is 2. The van der Waals surface area contributed by atoms with Crippen LogP contribution in [0.2, 0.25) is 0 Å². The molecule has 0 bridgehead atoms. The van der Waals surface area contributed by atoms with Crippen LogP contribution >= 0.6 is 0 Å². The molecule has 1 atom stereocenters. The summed E-state index contributed by atoms with van der Waals surface area (Å²) in [6, 6.07) is 2.42. The van der Waals surface area contributed by atoms with E-state index in [4.69, 9.17) is 5.73 Å². The van der Waals surface area contributed by atoms with Gasteiger partial charge in [-0.1, -0.05) is 0 Å². The van der Waals surface area contributed by atoms with Crippen molar-refractivity contribution in [1.82, 2.24) is 10.3 Å². The molecule has 1 aliphatic heterocycles. The highest BCUT2D eigenvalue weighted by Crippen LogP contribution is 2.27. The summed E-state index contributed by atoms with van der Waals surface area (Å²) in [5.41, 5.74) is 8.58. The smallest absolute Gasteiger partial charge is 0.252 e. The van der Waals surface area contributed by atoms with E-state index >= 15 is 0 Å². The first-order valence-corrected chi connectivity index (χ1v) is 6.23. The lowest BCUT2D eigenvalue weighted by atomic mass is 10.1. The standard InChI is InChI=1S/C13H20N4O/c1-8-6-11(12(13(14)18)9(2)16-8)17-5-4-10(7-17)15-3/h6,10,15H,4-5,7H2,1-3H3,(H2,14,18). The van der Waals surface area contributed by atoms with E-state index in [0.29, 0.717) is 17.3 Å². The van der Waals surface area contributed by atoms with E-state index in [1.807, 2.05) is 27.0 Å². The molecule has 1 saturated heterocycles. The highest BCUT2D eigenvalue weighted by Gasteiger charge is 2.25. The fourth-order valence-electron chi connectivity index (χ4n) is 2.58. The number of primary amides is 1. The maximum absolute atomic E-state index is 11.6. The Balaban J connectivity index is 2.40. The molecule has 5 heteroatoms. The highest BCUT2D eigenvalue weighted by atomic mass is 16.1. The van der Waals surface area contributed by atoms with E-state index in [1.165, 1.54) is 0 Å². The summed E-state index contributed by atoms with van der Waals surface area (Å²) in [4.78, 5) is 18.1. The first kappa shape index (κ1) is 12.8. The molecule has 1 unspecified atom stereocenters. The molecular formula is C13H20N4O. The number of aryl methyl sites for hydroxylation is 2. The number of carbonyl (C=O) groups is 1. The van der Waals surface area contributed by atoms with Crippen molar-refractivity contribution < 1.29 is 4.79 Å². The van der Waals surface area contributed by atoms with Gasteiger partial charge in [0.15, 0.2) is 0 Å². The molecule has 98 valence electrons. The van der Waals surface area contributed by atoms with Crippen molar-refractivity contribution in [1.29, 1.82) is 0 Å². The third-order valence-electron chi connectivity index (χ3n) is 3.49. The van der Waals surface area contributed by atoms with Crippen LogP contribution in [0.15, 0.2) is 6.07 Å². The number of carbonyl (C=O) groups excluding carboxylic acids is 1. The molecule has 18 heavy (non-hydrogen) atoms. The van der Waals surface area contributed by atoms with Crippen molar-refractivity contribution in [2.45, 2.75) is 26.3 Å². The van der Waals surface area contributed by atoms with Gasteiger partial charge in [-0.05, 0) is 33.4 Å². The van der Waals surface area contributed by atoms with Crippen LogP contribution in [-0.2, 0) is 0 Å². The van der Waals surface area contributed by atoms with Gasteiger partial charge in [0.2, 0.25) is 0 Å². The van der Waals surface area contributed by atoms with Gasteiger partial charge >= 0.3 is 0 Å². The maximum Gasteiger partial charge on any atom is 0.252 e. The SMILES string of the molecule is CNC1CCN(c2cc(C)nc(C)c2C(N)=O)C1. The normalized spacial score (nSPS) is 19.3. The molecule has 1 aliphatic rings. The minimum Gasteiger partial charge on any atom is -0.369 e. The summed E-state index contributed by atoms with van der Waals surface area (Å²) in [6.07, 6.45) is 1.08. The Labute approximate surface area is 107 Å². The van der Waals surface area contributed by atoms with Crippen molar-refractivity contribution in [2.24, 2.45) is 5.73 Å². The van der Waals surface area contributed by atoms with E-state index in [1.54, 1.807) is 0 Å². The van der Waals surface area contributed by atoms with Crippen LogP contribution in [0, 0.1) is 13.8 Å².